The number of benzene rings is 1. The van der Waals surface area contributed by atoms with Crippen LogP contribution in [-0.2, 0) is 22.1 Å². The molecule has 2 N–H and O–H groups in total. The third-order valence-electron chi connectivity index (χ3n) is 4.81. The first kappa shape index (κ1) is 27.5. The van der Waals surface area contributed by atoms with Crippen LogP contribution in [0.2, 0.25) is 0 Å². The summed E-state index contributed by atoms with van der Waals surface area (Å²) < 4.78 is 56.3. The largest absolute Gasteiger partial charge is 0.572 e. The fourth-order valence-corrected chi connectivity index (χ4v) is 4.88. The third kappa shape index (κ3) is 7.64. The summed E-state index contributed by atoms with van der Waals surface area (Å²) in [4.78, 5) is 17.2. The molecule has 0 amide bonds. The lowest BCUT2D eigenvalue weighted by molar-refractivity contribution is -0.305. The van der Waals surface area contributed by atoms with Gasteiger partial charge in [0.1, 0.15) is 21.8 Å². The molecule has 0 aliphatic rings. The van der Waals surface area contributed by atoms with Crippen molar-refractivity contribution in [3.63, 3.8) is 0 Å². The van der Waals surface area contributed by atoms with Crippen molar-refractivity contribution < 1.29 is 32.0 Å². The molecule has 0 spiro atoms. The number of nitrogens with one attached hydrogen (secondary N) is 1. The molecule has 184 valence electrons. The van der Waals surface area contributed by atoms with Crippen molar-refractivity contribution in [3.8, 4) is 0 Å². The molecular weight excluding hydrogens is 489 g/mol. The molecule has 0 aliphatic heterocycles. The van der Waals surface area contributed by atoms with Gasteiger partial charge in [0, 0.05) is 23.4 Å². The van der Waals surface area contributed by atoms with Crippen LogP contribution < -0.4 is 4.72 Å². The van der Waals surface area contributed by atoms with E-state index in [4.69, 9.17) is 0 Å². The number of aromatic carboxylic acids is 1. The molecule has 0 radical (unpaired) electrons. The molecule has 2 rings (SSSR count). The predicted molar refractivity (Wildman–Crippen MR) is 127 cm³/mol. The van der Waals surface area contributed by atoms with Crippen LogP contribution in [0.15, 0.2) is 47.6 Å². The second-order valence-electron chi connectivity index (χ2n) is 7.30. The van der Waals surface area contributed by atoms with E-state index >= 15 is 0 Å². The van der Waals surface area contributed by atoms with Crippen LogP contribution in [0.25, 0.3) is 5.57 Å². The lowest BCUT2D eigenvalue weighted by atomic mass is 10.0. The Balaban J connectivity index is 2.09. The van der Waals surface area contributed by atoms with Crippen molar-refractivity contribution in [2.75, 3.05) is 6.54 Å². The number of hydrogen-bond acceptors (Lipinski definition) is 5. The van der Waals surface area contributed by atoms with E-state index in [1.807, 2.05) is 6.92 Å². The van der Waals surface area contributed by atoms with Crippen LogP contribution >= 0.6 is 11.3 Å². The summed E-state index contributed by atoms with van der Waals surface area (Å²) in [6.07, 6.45) is -0.176. The van der Waals surface area contributed by atoms with Crippen molar-refractivity contribution in [1.29, 1.82) is 0 Å². The van der Waals surface area contributed by atoms with Gasteiger partial charge >= 0.3 is 12.3 Å². The van der Waals surface area contributed by atoms with Gasteiger partial charge in [-0.05, 0) is 63.1 Å². The maximum Gasteiger partial charge on any atom is 0.572 e. The minimum absolute atomic E-state index is 0.110. The SMILES string of the molecule is C=C/C(=C\C=C(/C)OC(F)(F)F)c1nc(CCNS(=O)c2cc(C)c(C)c(C(=O)O)c2)c(C)s1. The van der Waals surface area contributed by atoms with E-state index in [1.54, 1.807) is 19.9 Å². The van der Waals surface area contributed by atoms with Crippen LogP contribution in [0, 0.1) is 20.8 Å². The topological polar surface area (TPSA) is 88.5 Å². The van der Waals surface area contributed by atoms with Gasteiger partial charge in [-0.1, -0.05) is 12.7 Å². The molecule has 2 aromatic rings. The molecule has 1 unspecified atom stereocenters. The molecule has 0 bridgehead atoms. The van der Waals surface area contributed by atoms with Gasteiger partial charge in [0.15, 0.2) is 0 Å². The number of aromatic nitrogens is 1. The minimum atomic E-state index is -4.76. The average Bonchev–Trinajstić information content (AvgIpc) is 3.09. The van der Waals surface area contributed by atoms with Gasteiger partial charge in [0.2, 0.25) is 0 Å². The molecule has 34 heavy (non-hydrogen) atoms. The summed E-state index contributed by atoms with van der Waals surface area (Å²) in [6, 6.07) is 3.09. The Morgan fingerprint density at radius 3 is 2.56 bits per heavy atom. The van der Waals surface area contributed by atoms with Gasteiger partial charge in [-0.15, -0.1) is 24.5 Å². The van der Waals surface area contributed by atoms with Crippen LogP contribution in [-0.4, -0.2) is 33.2 Å². The van der Waals surface area contributed by atoms with Crippen molar-refractivity contribution in [1.82, 2.24) is 9.71 Å². The molecule has 1 aromatic carbocycles. The van der Waals surface area contributed by atoms with Gasteiger partial charge < -0.3 is 9.84 Å². The fourth-order valence-electron chi connectivity index (χ4n) is 2.93. The van der Waals surface area contributed by atoms with Crippen LogP contribution in [0.4, 0.5) is 13.2 Å². The number of carbonyl (C=O) groups is 1. The summed E-state index contributed by atoms with van der Waals surface area (Å²) in [6.45, 7) is 10.5. The first-order valence-electron chi connectivity index (χ1n) is 10.1. The molecule has 1 heterocycles. The number of nitrogens with zero attached hydrogens (tertiary/aromatic N) is 1. The van der Waals surface area contributed by atoms with E-state index in [9.17, 15) is 27.3 Å². The Kier molecular flexibility index (Phi) is 9.37. The highest BCUT2D eigenvalue weighted by Gasteiger charge is 2.30. The standard InChI is InChI=1S/C23H25F3N2O4S2/c1-6-17(8-7-14(3)32-23(24,25)26)21-28-20(16(5)33-21)9-10-27-34(31)18-11-13(2)15(4)19(12-18)22(29)30/h6-8,11-12,27H,1,9-10H2,2-5H3,(H,29,30)/b14-7+,17-8+. The zero-order chi connectivity index (χ0) is 25.6. The van der Waals surface area contributed by atoms with E-state index < -0.39 is 23.3 Å². The van der Waals surface area contributed by atoms with E-state index in [1.165, 1.54) is 42.6 Å². The highest BCUT2D eigenvalue weighted by Crippen LogP contribution is 2.26. The molecule has 0 saturated heterocycles. The first-order chi connectivity index (χ1) is 15.8. The summed E-state index contributed by atoms with van der Waals surface area (Å²) in [5, 5.41) is 9.92. The highest BCUT2D eigenvalue weighted by molar-refractivity contribution is 7.83. The molecule has 11 heteroatoms. The normalized spacial score (nSPS) is 13.6. The summed E-state index contributed by atoms with van der Waals surface area (Å²) in [7, 11) is -1.61. The number of alkyl halides is 3. The van der Waals surface area contributed by atoms with Gasteiger partial charge in [0.05, 0.1) is 16.2 Å². The maximum atomic E-state index is 12.6. The van der Waals surface area contributed by atoms with Gasteiger partial charge in [-0.2, -0.15) is 0 Å². The number of hydrogen-bond donors (Lipinski definition) is 2. The van der Waals surface area contributed by atoms with Gasteiger partial charge in [-0.25, -0.2) is 18.7 Å². The Morgan fingerprint density at radius 1 is 1.29 bits per heavy atom. The molecule has 0 aliphatic carbocycles. The van der Waals surface area contributed by atoms with Crippen molar-refractivity contribution in [3.05, 3.63) is 75.0 Å². The van der Waals surface area contributed by atoms with E-state index in [0.717, 1.165) is 16.1 Å². The summed E-state index contributed by atoms with van der Waals surface area (Å²) in [5.41, 5.74) is 2.76. The Labute approximate surface area is 202 Å². The molecule has 1 atom stereocenters. The van der Waals surface area contributed by atoms with Crippen molar-refractivity contribution in [2.45, 2.75) is 45.4 Å². The monoisotopic (exact) mass is 514 g/mol. The summed E-state index contributed by atoms with van der Waals surface area (Å²) in [5.74, 6) is -1.39. The number of thiazole rings is 1. The highest BCUT2D eigenvalue weighted by atomic mass is 32.2. The van der Waals surface area contributed by atoms with Crippen LogP contribution in [0.3, 0.4) is 0 Å². The number of carboxylic acid groups (broad SMARTS) is 1. The van der Waals surface area contributed by atoms with E-state index in [-0.39, 0.29) is 11.3 Å². The maximum absolute atomic E-state index is 12.6. The quantitative estimate of drug-likeness (QED) is 0.317. The van der Waals surface area contributed by atoms with Gasteiger partial charge in [0.25, 0.3) is 0 Å². The number of rotatable bonds is 10. The van der Waals surface area contributed by atoms with Crippen LogP contribution in [0.5, 0.6) is 0 Å². The Morgan fingerprint density at radius 2 is 1.97 bits per heavy atom. The molecule has 6 nitrogen and oxygen atoms in total. The first-order valence-corrected chi connectivity index (χ1v) is 12.0. The molecular formula is C23H25F3N2O4S2. The number of ether oxygens (including phenoxy) is 1. The van der Waals surface area contributed by atoms with Gasteiger partial charge in [-0.3, -0.25) is 0 Å². The number of carboxylic acids is 1. The molecule has 0 fully saturated rings. The second-order valence-corrected chi connectivity index (χ2v) is 9.80. The smallest absolute Gasteiger partial charge is 0.478 e. The fraction of sp³-hybridized carbons (Fsp3) is 0.304. The molecule has 1 aromatic heterocycles. The Hall–Kier alpha value is -2.76. The third-order valence-corrected chi connectivity index (χ3v) is 7.01. The second kappa shape index (κ2) is 11.6. The molecule has 0 saturated carbocycles. The minimum Gasteiger partial charge on any atom is -0.478 e. The lowest BCUT2D eigenvalue weighted by Gasteiger charge is -2.10. The Bertz CT molecular complexity index is 1170. The lowest BCUT2D eigenvalue weighted by Crippen LogP contribution is -2.21. The number of allylic oxidation sites excluding steroid dienone is 5. The van der Waals surface area contributed by atoms with Crippen molar-refractivity contribution in [2.24, 2.45) is 0 Å². The van der Waals surface area contributed by atoms with Crippen LogP contribution in [0.1, 0.15) is 44.0 Å². The zero-order valence-corrected chi connectivity index (χ0v) is 20.7. The zero-order valence-electron chi connectivity index (χ0n) is 19.1. The predicted octanol–water partition coefficient (Wildman–Crippen LogP) is 5.63. The van der Waals surface area contributed by atoms with Crippen molar-refractivity contribution >= 4 is 33.9 Å². The number of halogens is 3. The summed E-state index contributed by atoms with van der Waals surface area (Å²) >= 11 is 1.36. The average molecular weight is 515 g/mol. The van der Waals surface area contributed by atoms with E-state index in [0.29, 0.717) is 34.0 Å². The van der Waals surface area contributed by atoms with E-state index in [2.05, 4.69) is 21.0 Å². The number of aryl methyl sites for hydroxylation is 2.